The Labute approximate surface area is 124 Å². The topological polar surface area (TPSA) is 32.3 Å². The minimum atomic E-state index is 0.543. The van der Waals surface area contributed by atoms with E-state index >= 15 is 0 Å². The normalized spacial score (nSPS) is 16.8. The standard InChI is InChI=1S/C15H19ClN4/c1-2-7-19-8-10-20(11-9-19)15-17-13-6-4-3-5-12(13)14(16)18-15/h3-6H,2,7-11H2,1H3. The van der Waals surface area contributed by atoms with E-state index in [4.69, 9.17) is 11.6 Å². The fourth-order valence-corrected chi connectivity index (χ4v) is 2.89. The Hall–Kier alpha value is -1.39. The molecule has 0 amide bonds. The highest BCUT2D eigenvalue weighted by Gasteiger charge is 2.19. The molecule has 20 heavy (non-hydrogen) atoms. The summed E-state index contributed by atoms with van der Waals surface area (Å²) < 4.78 is 0. The molecule has 1 aliphatic rings. The van der Waals surface area contributed by atoms with Crippen molar-refractivity contribution in [2.45, 2.75) is 13.3 Å². The van der Waals surface area contributed by atoms with Gasteiger partial charge in [-0.1, -0.05) is 30.7 Å². The Bertz CT molecular complexity index is 593. The summed E-state index contributed by atoms with van der Waals surface area (Å²) in [6.07, 6.45) is 1.21. The number of fused-ring (bicyclic) bond motifs is 1. The lowest BCUT2D eigenvalue weighted by Crippen LogP contribution is -2.47. The molecule has 1 aromatic heterocycles. The van der Waals surface area contributed by atoms with Crippen LogP contribution < -0.4 is 4.90 Å². The number of nitrogens with zero attached hydrogens (tertiary/aromatic N) is 4. The summed E-state index contributed by atoms with van der Waals surface area (Å²) in [5.41, 5.74) is 0.915. The number of benzene rings is 1. The lowest BCUT2D eigenvalue weighted by atomic mass is 10.2. The molecular formula is C15H19ClN4. The van der Waals surface area contributed by atoms with E-state index in [1.54, 1.807) is 0 Å². The number of anilines is 1. The van der Waals surface area contributed by atoms with Crippen molar-refractivity contribution in [2.24, 2.45) is 0 Å². The maximum atomic E-state index is 6.27. The highest BCUT2D eigenvalue weighted by atomic mass is 35.5. The number of para-hydroxylation sites is 1. The molecule has 0 N–H and O–H groups in total. The summed E-state index contributed by atoms with van der Waals surface area (Å²) in [7, 11) is 0. The SMILES string of the molecule is CCCN1CCN(c2nc(Cl)c3ccccc3n2)CC1. The van der Waals surface area contributed by atoms with Gasteiger partial charge < -0.3 is 4.90 Å². The smallest absolute Gasteiger partial charge is 0.227 e. The second kappa shape index (κ2) is 5.94. The summed E-state index contributed by atoms with van der Waals surface area (Å²) in [6, 6.07) is 7.88. The molecule has 3 rings (SSSR count). The van der Waals surface area contributed by atoms with E-state index in [0.717, 1.165) is 43.0 Å². The zero-order valence-corrected chi connectivity index (χ0v) is 12.5. The molecule has 1 aliphatic heterocycles. The van der Waals surface area contributed by atoms with Crippen molar-refractivity contribution in [3.8, 4) is 0 Å². The Morgan fingerprint density at radius 2 is 1.85 bits per heavy atom. The molecule has 0 spiro atoms. The molecule has 106 valence electrons. The van der Waals surface area contributed by atoms with E-state index in [2.05, 4.69) is 26.7 Å². The number of halogens is 1. The summed E-state index contributed by atoms with van der Waals surface area (Å²) in [6.45, 7) is 7.47. The Balaban J connectivity index is 1.81. The number of rotatable bonds is 3. The largest absolute Gasteiger partial charge is 0.338 e. The lowest BCUT2D eigenvalue weighted by Gasteiger charge is -2.34. The number of aromatic nitrogens is 2. The van der Waals surface area contributed by atoms with Crippen LogP contribution in [0.2, 0.25) is 5.15 Å². The second-order valence-corrected chi connectivity index (χ2v) is 5.52. The van der Waals surface area contributed by atoms with Crippen LogP contribution in [0.3, 0.4) is 0 Å². The lowest BCUT2D eigenvalue weighted by molar-refractivity contribution is 0.257. The van der Waals surface area contributed by atoms with Gasteiger partial charge in [0.15, 0.2) is 0 Å². The number of hydrogen-bond donors (Lipinski definition) is 0. The van der Waals surface area contributed by atoms with Gasteiger partial charge in [0.25, 0.3) is 0 Å². The van der Waals surface area contributed by atoms with Crippen molar-refractivity contribution >= 4 is 28.5 Å². The first-order valence-electron chi connectivity index (χ1n) is 7.17. The van der Waals surface area contributed by atoms with Crippen molar-refractivity contribution in [3.05, 3.63) is 29.4 Å². The van der Waals surface area contributed by atoms with E-state index in [0.29, 0.717) is 5.15 Å². The molecule has 1 fully saturated rings. The highest BCUT2D eigenvalue weighted by molar-refractivity contribution is 6.34. The third kappa shape index (κ3) is 2.72. The van der Waals surface area contributed by atoms with Gasteiger partial charge in [0, 0.05) is 31.6 Å². The molecule has 0 atom stereocenters. The second-order valence-electron chi connectivity index (χ2n) is 5.16. The summed E-state index contributed by atoms with van der Waals surface area (Å²) in [5.74, 6) is 0.754. The fourth-order valence-electron chi connectivity index (χ4n) is 2.66. The maximum absolute atomic E-state index is 6.27. The van der Waals surface area contributed by atoms with E-state index in [9.17, 15) is 0 Å². The first-order chi connectivity index (χ1) is 9.78. The van der Waals surface area contributed by atoms with E-state index in [1.165, 1.54) is 13.0 Å². The van der Waals surface area contributed by atoms with Crippen molar-refractivity contribution in [2.75, 3.05) is 37.6 Å². The summed E-state index contributed by atoms with van der Waals surface area (Å²) in [4.78, 5) is 13.8. The number of piperazine rings is 1. The van der Waals surface area contributed by atoms with Gasteiger partial charge in [-0.25, -0.2) is 9.97 Å². The zero-order valence-electron chi connectivity index (χ0n) is 11.7. The van der Waals surface area contributed by atoms with Crippen LogP contribution in [0.1, 0.15) is 13.3 Å². The van der Waals surface area contributed by atoms with E-state index in [-0.39, 0.29) is 0 Å². The Morgan fingerprint density at radius 1 is 1.10 bits per heavy atom. The molecule has 2 aromatic rings. The third-order valence-electron chi connectivity index (χ3n) is 3.74. The van der Waals surface area contributed by atoms with Crippen LogP contribution >= 0.6 is 11.6 Å². The van der Waals surface area contributed by atoms with Gasteiger partial charge in [-0.05, 0) is 25.1 Å². The molecule has 0 bridgehead atoms. The predicted molar refractivity (Wildman–Crippen MR) is 83.5 cm³/mol. The van der Waals surface area contributed by atoms with Crippen LogP contribution in [0.25, 0.3) is 10.9 Å². The van der Waals surface area contributed by atoms with Crippen LogP contribution in [-0.2, 0) is 0 Å². The van der Waals surface area contributed by atoms with Gasteiger partial charge in [-0.2, -0.15) is 0 Å². The Morgan fingerprint density at radius 3 is 2.60 bits per heavy atom. The zero-order chi connectivity index (χ0) is 13.9. The molecule has 1 saturated heterocycles. The average Bonchev–Trinajstić information content (AvgIpc) is 2.48. The van der Waals surface area contributed by atoms with Crippen molar-refractivity contribution in [1.29, 1.82) is 0 Å². The average molecular weight is 291 g/mol. The van der Waals surface area contributed by atoms with Crippen molar-refractivity contribution in [3.63, 3.8) is 0 Å². The molecular weight excluding hydrogens is 272 g/mol. The molecule has 0 saturated carbocycles. The molecule has 4 nitrogen and oxygen atoms in total. The summed E-state index contributed by atoms with van der Waals surface area (Å²) >= 11 is 6.27. The molecule has 1 aromatic carbocycles. The molecule has 2 heterocycles. The van der Waals surface area contributed by atoms with E-state index in [1.807, 2.05) is 24.3 Å². The third-order valence-corrected chi connectivity index (χ3v) is 4.03. The molecule has 0 aliphatic carbocycles. The van der Waals surface area contributed by atoms with Crippen LogP contribution in [0.15, 0.2) is 24.3 Å². The molecule has 5 heteroatoms. The molecule has 0 unspecified atom stereocenters. The summed E-state index contributed by atoms with van der Waals surface area (Å²) in [5, 5.41) is 1.46. The van der Waals surface area contributed by atoms with Gasteiger partial charge >= 0.3 is 0 Å². The molecule has 0 radical (unpaired) electrons. The van der Waals surface area contributed by atoms with Gasteiger partial charge in [-0.3, -0.25) is 4.90 Å². The fraction of sp³-hybridized carbons (Fsp3) is 0.467. The van der Waals surface area contributed by atoms with Crippen molar-refractivity contribution < 1.29 is 0 Å². The van der Waals surface area contributed by atoms with Crippen LogP contribution in [0.5, 0.6) is 0 Å². The quantitative estimate of drug-likeness (QED) is 0.814. The van der Waals surface area contributed by atoms with Crippen LogP contribution in [-0.4, -0.2) is 47.6 Å². The van der Waals surface area contributed by atoms with Gasteiger partial charge in [0.05, 0.1) is 5.52 Å². The minimum absolute atomic E-state index is 0.543. The monoisotopic (exact) mass is 290 g/mol. The minimum Gasteiger partial charge on any atom is -0.338 e. The number of hydrogen-bond acceptors (Lipinski definition) is 4. The first kappa shape index (κ1) is 13.6. The highest BCUT2D eigenvalue weighted by Crippen LogP contribution is 2.23. The van der Waals surface area contributed by atoms with Gasteiger partial charge in [0.1, 0.15) is 5.15 Å². The van der Waals surface area contributed by atoms with E-state index < -0.39 is 0 Å². The predicted octanol–water partition coefficient (Wildman–Crippen LogP) is 2.82. The van der Waals surface area contributed by atoms with Gasteiger partial charge in [0.2, 0.25) is 5.95 Å². The van der Waals surface area contributed by atoms with Gasteiger partial charge in [-0.15, -0.1) is 0 Å². The van der Waals surface area contributed by atoms with Crippen molar-refractivity contribution in [1.82, 2.24) is 14.9 Å². The van der Waals surface area contributed by atoms with Crippen LogP contribution in [0, 0.1) is 0 Å². The maximum Gasteiger partial charge on any atom is 0.227 e. The Kier molecular flexibility index (Phi) is 4.03. The van der Waals surface area contributed by atoms with Crippen LogP contribution in [0.4, 0.5) is 5.95 Å². The first-order valence-corrected chi connectivity index (χ1v) is 7.55.